The highest BCUT2D eigenvalue weighted by molar-refractivity contribution is 5.80. The van der Waals surface area contributed by atoms with Gasteiger partial charge >= 0.3 is 5.97 Å². The predicted octanol–water partition coefficient (Wildman–Crippen LogP) is 19.6. The quantitative estimate of drug-likeness (QED) is 0.0195. The van der Waals surface area contributed by atoms with Crippen LogP contribution in [0.4, 0.5) is 0 Å². The molecule has 1 saturated heterocycles. The number of nitrogens with one attached hydrogen (secondary N) is 1. The standard InChI is InChI=1S/C78H139NO10/c1-4-7-10-13-16-19-22-25-27-29-31-33-35-37-38-40-42-44-47-50-53-56-59-62-65-71(82)77(86)79-69(70(81)64-61-58-55-52-49-46-24-21-18-15-12-9-6-3)68-87-78-76(75(85)74(84)72(67-80)88-78)89-73(83)66-63-60-57-54-51-48-45-43-41-39-36-34-32-30-28-26-23-20-17-14-11-8-5-2/h7,10,16,19,25-28,31,33,37-38,61,64,69-72,74-76,78,80-82,84-85H,4-6,8-9,11-15,17-18,20-24,29-30,32,34-36,39-60,62-63,65-68H2,1-3H3,(H,79,86)/b10-7-,19-16-,27-25-,28-26+,33-31-,38-37-,64-61+. The third-order valence-corrected chi connectivity index (χ3v) is 17.3. The number of rotatable bonds is 64. The van der Waals surface area contributed by atoms with E-state index >= 15 is 0 Å². The molecule has 516 valence electrons. The second-order valence-corrected chi connectivity index (χ2v) is 25.6. The highest BCUT2D eigenvalue weighted by Gasteiger charge is 2.47. The molecule has 1 aliphatic heterocycles. The molecule has 89 heavy (non-hydrogen) atoms. The van der Waals surface area contributed by atoms with Gasteiger partial charge in [0.25, 0.3) is 0 Å². The molecule has 8 atom stereocenters. The van der Waals surface area contributed by atoms with Crippen molar-refractivity contribution in [3.8, 4) is 0 Å². The van der Waals surface area contributed by atoms with Gasteiger partial charge in [0.1, 0.15) is 24.4 Å². The number of aliphatic hydroxyl groups excluding tert-OH is 5. The van der Waals surface area contributed by atoms with Crippen LogP contribution in [0, 0.1) is 0 Å². The Morgan fingerprint density at radius 2 is 0.809 bits per heavy atom. The highest BCUT2D eigenvalue weighted by Crippen LogP contribution is 2.26. The lowest BCUT2D eigenvalue weighted by atomic mass is 9.99. The first kappa shape index (κ1) is 83.9. The van der Waals surface area contributed by atoms with Crippen molar-refractivity contribution in [2.45, 2.75) is 384 Å². The molecule has 1 rings (SSSR count). The molecule has 1 heterocycles. The zero-order valence-corrected chi connectivity index (χ0v) is 57.5. The number of amides is 1. The van der Waals surface area contributed by atoms with Crippen molar-refractivity contribution in [2.24, 2.45) is 0 Å². The van der Waals surface area contributed by atoms with Crippen LogP contribution in [0.1, 0.15) is 335 Å². The van der Waals surface area contributed by atoms with Gasteiger partial charge in [-0.25, -0.2) is 0 Å². The summed E-state index contributed by atoms with van der Waals surface area (Å²) in [4.78, 5) is 26.7. The number of unbranched alkanes of at least 4 members (excludes halogenated alkanes) is 38. The molecule has 6 N–H and O–H groups in total. The molecule has 1 aliphatic rings. The molecular weight excluding hydrogens is 1110 g/mol. The van der Waals surface area contributed by atoms with Gasteiger partial charge in [-0.15, -0.1) is 0 Å². The maximum Gasteiger partial charge on any atom is 0.306 e. The van der Waals surface area contributed by atoms with Crippen LogP contribution in [0.15, 0.2) is 85.1 Å². The van der Waals surface area contributed by atoms with E-state index in [9.17, 15) is 35.1 Å². The van der Waals surface area contributed by atoms with Crippen LogP contribution in [0.25, 0.3) is 0 Å². The molecule has 0 spiro atoms. The van der Waals surface area contributed by atoms with Gasteiger partial charge in [-0.05, 0) is 96.3 Å². The summed E-state index contributed by atoms with van der Waals surface area (Å²) in [5.74, 6) is -1.19. The zero-order chi connectivity index (χ0) is 64.6. The maximum absolute atomic E-state index is 13.5. The summed E-state index contributed by atoms with van der Waals surface area (Å²) in [5.41, 5.74) is 0. The molecule has 1 fully saturated rings. The first-order valence-corrected chi connectivity index (χ1v) is 37.4. The van der Waals surface area contributed by atoms with E-state index in [-0.39, 0.29) is 19.4 Å². The predicted molar refractivity (Wildman–Crippen MR) is 375 cm³/mol. The van der Waals surface area contributed by atoms with Crippen LogP contribution >= 0.6 is 0 Å². The van der Waals surface area contributed by atoms with Crippen LogP contribution in [-0.2, 0) is 23.8 Å². The summed E-state index contributed by atoms with van der Waals surface area (Å²) in [6.07, 6.45) is 76.2. The Bertz CT molecular complexity index is 1780. The van der Waals surface area contributed by atoms with Crippen LogP contribution in [0.5, 0.6) is 0 Å². The Morgan fingerprint density at radius 3 is 1.22 bits per heavy atom. The summed E-state index contributed by atoms with van der Waals surface area (Å²) < 4.78 is 17.7. The Morgan fingerprint density at radius 1 is 0.449 bits per heavy atom. The summed E-state index contributed by atoms with van der Waals surface area (Å²) in [7, 11) is 0. The summed E-state index contributed by atoms with van der Waals surface area (Å²) in [6.45, 7) is 5.71. The molecule has 11 nitrogen and oxygen atoms in total. The van der Waals surface area contributed by atoms with E-state index < -0.39 is 67.4 Å². The molecule has 8 unspecified atom stereocenters. The molecule has 0 aliphatic carbocycles. The fourth-order valence-electron chi connectivity index (χ4n) is 11.4. The number of hydrogen-bond acceptors (Lipinski definition) is 10. The van der Waals surface area contributed by atoms with Crippen LogP contribution in [0.2, 0.25) is 0 Å². The molecule has 0 radical (unpaired) electrons. The minimum absolute atomic E-state index is 0.122. The SMILES string of the molecule is CC/C=C\C/C=C\C/C=C\C/C=C\C/C=C\CCCCCCCCCCC(O)C(=O)NC(COC1OC(CO)C(O)C(O)C1OC(=O)CCCCCCCCCCCCCCC/C=C/CCCCCCCC)C(O)/C=C/CCCCCCCCCCCCC. The molecule has 0 aromatic rings. The Hall–Kier alpha value is -3.16. The van der Waals surface area contributed by atoms with E-state index in [4.69, 9.17) is 14.2 Å². The van der Waals surface area contributed by atoms with E-state index in [1.54, 1.807) is 6.08 Å². The fraction of sp³-hybridized carbons (Fsp3) is 0.795. The molecule has 0 aromatic heterocycles. The van der Waals surface area contributed by atoms with Gasteiger partial charge < -0.3 is 45.1 Å². The topological polar surface area (TPSA) is 175 Å². The van der Waals surface area contributed by atoms with Gasteiger partial charge in [0, 0.05) is 6.42 Å². The molecule has 0 bridgehead atoms. The summed E-state index contributed by atoms with van der Waals surface area (Å²) >= 11 is 0. The third kappa shape index (κ3) is 52.0. The van der Waals surface area contributed by atoms with Crippen molar-refractivity contribution in [3.05, 3.63) is 85.1 Å². The fourth-order valence-corrected chi connectivity index (χ4v) is 11.4. The van der Waals surface area contributed by atoms with E-state index in [1.807, 2.05) is 6.08 Å². The van der Waals surface area contributed by atoms with E-state index in [0.29, 0.717) is 12.8 Å². The summed E-state index contributed by atoms with van der Waals surface area (Å²) in [5, 5.41) is 57.4. The van der Waals surface area contributed by atoms with Crippen LogP contribution in [0.3, 0.4) is 0 Å². The third-order valence-electron chi connectivity index (χ3n) is 17.3. The molecule has 0 saturated carbocycles. The van der Waals surface area contributed by atoms with Crippen molar-refractivity contribution in [1.29, 1.82) is 0 Å². The number of carbonyl (C=O) groups is 2. The average Bonchev–Trinajstić information content (AvgIpc) is 3.11. The zero-order valence-electron chi connectivity index (χ0n) is 57.5. The van der Waals surface area contributed by atoms with Gasteiger partial charge in [-0.3, -0.25) is 9.59 Å². The lowest BCUT2D eigenvalue weighted by Crippen LogP contribution is -2.61. The smallest absolute Gasteiger partial charge is 0.306 e. The van der Waals surface area contributed by atoms with Crippen molar-refractivity contribution in [3.63, 3.8) is 0 Å². The van der Waals surface area contributed by atoms with Crippen LogP contribution in [-0.4, -0.2) is 99.6 Å². The molecule has 1 amide bonds. The first-order chi connectivity index (χ1) is 43.7. The van der Waals surface area contributed by atoms with Gasteiger partial charge in [-0.2, -0.15) is 0 Å². The van der Waals surface area contributed by atoms with Gasteiger partial charge in [-0.1, -0.05) is 318 Å². The van der Waals surface area contributed by atoms with E-state index in [0.717, 1.165) is 96.3 Å². The minimum Gasteiger partial charge on any atom is -0.454 e. The Labute approximate surface area is 546 Å². The number of hydrogen-bond donors (Lipinski definition) is 6. The van der Waals surface area contributed by atoms with Crippen molar-refractivity contribution >= 4 is 11.9 Å². The van der Waals surface area contributed by atoms with E-state index in [2.05, 4.69) is 99.0 Å². The van der Waals surface area contributed by atoms with Crippen molar-refractivity contribution < 1.29 is 49.3 Å². The molecule has 11 heteroatoms. The molecular formula is C78H139NO10. The van der Waals surface area contributed by atoms with Crippen molar-refractivity contribution in [2.75, 3.05) is 13.2 Å². The number of ether oxygens (including phenoxy) is 3. The largest absolute Gasteiger partial charge is 0.454 e. The average molecular weight is 1250 g/mol. The van der Waals surface area contributed by atoms with Gasteiger partial charge in [0.2, 0.25) is 5.91 Å². The second kappa shape index (κ2) is 64.9. The normalized spacial score (nSPS) is 18.6. The highest BCUT2D eigenvalue weighted by atomic mass is 16.7. The first-order valence-electron chi connectivity index (χ1n) is 37.4. The van der Waals surface area contributed by atoms with Crippen LogP contribution < -0.4 is 5.32 Å². The molecule has 0 aromatic carbocycles. The van der Waals surface area contributed by atoms with Gasteiger partial charge in [0.05, 0.1) is 25.4 Å². The summed E-state index contributed by atoms with van der Waals surface area (Å²) in [6, 6.07) is -1.03. The number of allylic oxidation sites excluding steroid dienone is 13. The Balaban J connectivity index is 2.57. The Kier molecular flexibility index (Phi) is 61.2. The maximum atomic E-state index is 13.5. The lowest BCUT2D eigenvalue weighted by molar-refractivity contribution is -0.305. The van der Waals surface area contributed by atoms with E-state index in [1.165, 1.54) is 193 Å². The second-order valence-electron chi connectivity index (χ2n) is 25.6. The monoisotopic (exact) mass is 1250 g/mol. The number of carbonyl (C=O) groups excluding carboxylic acids is 2. The lowest BCUT2D eigenvalue weighted by Gasteiger charge is -2.41. The number of esters is 1. The number of aliphatic hydroxyl groups is 5. The van der Waals surface area contributed by atoms with Gasteiger partial charge in [0.15, 0.2) is 12.4 Å². The minimum atomic E-state index is -1.62. The van der Waals surface area contributed by atoms with Crippen molar-refractivity contribution in [1.82, 2.24) is 5.32 Å².